The maximum atomic E-state index is 12.8. The highest BCUT2D eigenvalue weighted by molar-refractivity contribution is 7.12. The molecule has 0 unspecified atom stereocenters. The van der Waals surface area contributed by atoms with Crippen molar-refractivity contribution in [1.82, 2.24) is 14.6 Å². The van der Waals surface area contributed by atoms with Gasteiger partial charge in [-0.2, -0.15) is 5.10 Å². The van der Waals surface area contributed by atoms with E-state index in [1.165, 1.54) is 11.3 Å². The quantitative estimate of drug-likeness (QED) is 0.330. The van der Waals surface area contributed by atoms with Crippen LogP contribution in [-0.4, -0.2) is 26.3 Å². The van der Waals surface area contributed by atoms with Crippen molar-refractivity contribution in [3.8, 4) is 11.3 Å². The molecule has 33 heavy (non-hydrogen) atoms. The van der Waals surface area contributed by atoms with Crippen LogP contribution in [0.2, 0.25) is 5.02 Å². The van der Waals surface area contributed by atoms with E-state index in [1.807, 2.05) is 53.9 Å². The number of benzene rings is 2. The normalized spacial score (nSPS) is 10.9. The van der Waals surface area contributed by atoms with Gasteiger partial charge in [0.25, 0.3) is 0 Å². The first-order chi connectivity index (χ1) is 16.1. The number of hydrogen-bond acceptors (Lipinski definition) is 5. The summed E-state index contributed by atoms with van der Waals surface area (Å²) in [4.78, 5) is 30.4. The number of carbonyl (C=O) groups excluding carboxylic acids is 2. The summed E-state index contributed by atoms with van der Waals surface area (Å²) in [5.41, 5.74) is 4.08. The van der Waals surface area contributed by atoms with Gasteiger partial charge < -0.3 is 5.32 Å². The minimum Gasteiger partial charge on any atom is -0.326 e. The minimum atomic E-state index is -0.128. The first-order valence-corrected chi connectivity index (χ1v) is 11.4. The number of rotatable bonds is 6. The number of aromatic nitrogens is 3. The summed E-state index contributed by atoms with van der Waals surface area (Å²) in [7, 11) is 0. The fraction of sp³-hybridized carbons (Fsp3) is 0.0400. The molecule has 162 valence electrons. The molecule has 3 heterocycles. The molecular formula is C25H17ClN4O2S. The first-order valence-electron chi connectivity index (χ1n) is 10.1. The van der Waals surface area contributed by atoms with Gasteiger partial charge in [-0.3, -0.25) is 9.59 Å². The van der Waals surface area contributed by atoms with Gasteiger partial charge in [-0.15, -0.1) is 11.3 Å². The number of thiophene rings is 1. The van der Waals surface area contributed by atoms with Crippen LogP contribution >= 0.6 is 22.9 Å². The largest absolute Gasteiger partial charge is 0.326 e. The summed E-state index contributed by atoms with van der Waals surface area (Å²) < 4.78 is 1.65. The van der Waals surface area contributed by atoms with Crippen LogP contribution in [0.15, 0.2) is 84.5 Å². The predicted octanol–water partition coefficient (Wildman–Crippen LogP) is 5.52. The van der Waals surface area contributed by atoms with Gasteiger partial charge >= 0.3 is 0 Å². The van der Waals surface area contributed by atoms with E-state index in [-0.39, 0.29) is 18.1 Å². The lowest BCUT2D eigenvalue weighted by Gasteiger charge is -2.09. The lowest BCUT2D eigenvalue weighted by molar-refractivity contribution is -0.115. The van der Waals surface area contributed by atoms with Crippen molar-refractivity contribution in [1.29, 1.82) is 0 Å². The van der Waals surface area contributed by atoms with E-state index in [9.17, 15) is 9.59 Å². The third-order valence-corrected chi connectivity index (χ3v) is 6.23. The average Bonchev–Trinajstić information content (AvgIpc) is 3.50. The summed E-state index contributed by atoms with van der Waals surface area (Å²) in [6.07, 6.45) is 3.45. The summed E-state index contributed by atoms with van der Waals surface area (Å²) in [6, 6.07) is 20.1. The molecule has 0 saturated carbocycles. The second-order valence-electron chi connectivity index (χ2n) is 7.36. The SMILES string of the molecule is O=C(Cc1ccc(Cl)cc1)Nc1cccc(-c2ccnc3c(C(=O)c4cccs4)cnn23)c1. The number of anilines is 1. The van der Waals surface area contributed by atoms with Crippen LogP contribution in [0.3, 0.4) is 0 Å². The van der Waals surface area contributed by atoms with Crippen molar-refractivity contribution < 1.29 is 9.59 Å². The van der Waals surface area contributed by atoms with E-state index >= 15 is 0 Å². The number of nitrogens with one attached hydrogen (secondary N) is 1. The van der Waals surface area contributed by atoms with Gasteiger partial charge in [0.15, 0.2) is 5.65 Å². The highest BCUT2D eigenvalue weighted by Gasteiger charge is 2.18. The second kappa shape index (κ2) is 8.97. The fourth-order valence-corrected chi connectivity index (χ4v) is 4.36. The number of fused-ring (bicyclic) bond motifs is 1. The van der Waals surface area contributed by atoms with Crippen molar-refractivity contribution in [3.63, 3.8) is 0 Å². The number of halogens is 1. The lowest BCUT2D eigenvalue weighted by atomic mass is 10.1. The molecule has 2 aromatic carbocycles. The van der Waals surface area contributed by atoms with Crippen molar-refractivity contribution in [2.75, 3.05) is 5.32 Å². The molecule has 3 aromatic heterocycles. The smallest absolute Gasteiger partial charge is 0.228 e. The zero-order valence-electron chi connectivity index (χ0n) is 17.2. The van der Waals surface area contributed by atoms with E-state index < -0.39 is 0 Å². The third-order valence-electron chi connectivity index (χ3n) is 5.11. The molecule has 6 nitrogen and oxygen atoms in total. The van der Waals surface area contributed by atoms with E-state index in [2.05, 4.69) is 15.4 Å². The molecule has 5 aromatic rings. The van der Waals surface area contributed by atoms with Crippen molar-refractivity contribution in [2.45, 2.75) is 6.42 Å². The highest BCUT2D eigenvalue weighted by Crippen LogP contribution is 2.25. The molecule has 1 N–H and O–H groups in total. The summed E-state index contributed by atoms with van der Waals surface area (Å²) in [5.74, 6) is -0.231. The second-order valence-corrected chi connectivity index (χ2v) is 8.75. The maximum absolute atomic E-state index is 12.8. The monoisotopic (exact) mass is 472 g/mol. The number of amides is 1. The molecule has 0 bridgehead atoms. The standard InChI is InChI=1S/C25H17ClN4O2S/c26-18-8-6-16(7-9-18)13-23(31)29-19-4-1-3-17(14-19)21-10-11-27-25-20(15-28-30(21)25)24(32)22-5-2-12-33-22/h1-12,14-15H,13H2,(H,29,31). The minimum absolute atomic E-state index is 0.104. The van der Waals surface area contributed by atoms with E-state index in [4.69, 9.17) is 11.6 Å². The molecule has 0 aliphatic heterocycles. The Kier molecular flexibility index (Phi) is 5.73. The molecule has 5 rings (SSSR count). The van der Waals surface area contributed by atoms with Crippen LogP contribution < -0.4 is 5.32 Å². The highest BCUT2D eigenvalue weighted by atomic mass is 35.5. The van der Waals surface area contributed by atoms with Crippen LogP contribution in [0.1, 0.15) is 20.8 Å². The van der Waals surface area contributed by atoms with Gasteiger partial charge in [0, 0.05) is 22.5 Å². The van der Waals surface area contributed by atoms with Crippen molar-refractivity contribution in [2.24, 2.45) is 0 Å². The van der Waals surface area contributed by atoms with Gasteiger partial charge in [-0.25, -0.2) is 9.50 Å². The molecule has 0 aliphatic rings. The van der Waals surface area contributed by atoms with Crippen LogP contribution in [-0.2, 0) is 11.2 Å². The van der Waals surface area contributed by atoms with Crippen LogP contribution in [0.4, 0.5) is 5.69 Å². The molecule has 0 fully saturated rings. The zero-order chi connectivity index (χ0) is 22.8. The zero-order valence-corrected chi connectivity index (χ0v) is 18.8. The van der Waals surface area contributed by atoms with E-state index in [0.717, 1.165) is 16.8 Å². The lowest BCUT2D eigenvalue weighted by Crippen LogP contribution is -2.14. The Bertz CT molecular complexity index is 1460. The van der Waals surface area contributed by atoms with E-state index in [1.54, 1.807) is 35.1 Å². The van der Waals surface area contributed by atoms with Gasteiger partial charge in [-0.1, -0.05) is 41.9 Å². The maximum Gasteiger partial charge on any atom is 0.228 e. The Morgan fingerprint density at radius 1 is 1.03 bits per heavy atom. The van der Waals surface area contributed by atoms with Gasteiger partial charge in [0.2, 0.25) is 11.7 Å². The summed E-state index contributed by atoms with van der Waals surface area (Å²) >= 11 is 7.30. The van der Waals surface area contributed by atoms with Gasteiger partial charge in [0.1, 0.15) is 0 Å². The molecular weight excluding hydrogens is 456 g/mol. The number of nitrogens with zero attached hydrogens (tertiary/aromatic N) is 3. The molecule has 0 aliphatic carbocycles. The Morgan fingerprint density at radius 3 is 2.67 bits per heavy atom. The Balaban J connectivity index is 1.41. The predicted molar refractivity (Wildman–Crippen MR) is 130 cm³/mol. The summed E-state index contributed by atoms with van der Waals surface area (Å²) in [6.45, 7) is 0. The first kappa shape index (κ1) is 21.1. The van der Waals surface area contributed by atoms with Crippen molar-refractivity contribution >= 4 is 46.0 Å². The van der Waals surface area contributed by atoms with E-state index in [0.29, 0.717) is 26.8 Å². The molecule has 0 spiro atoms. The molecule has 0 atom stereocenters. The van der Waals surface area contributed by atoms with Crippen LogP contribution in [0, 0.1) is 0 Å². The molecule has 0 saturated heterocycles. The average molecular weight is 473 g/mol. The summed E-state index contributed by atoms with van der Waals surface area (Å²) in [5, 5.41) is 9.85. The van der Waals surface area contributed by atoms with Gasteiger partial charge in [-0.05, 0) is 47.3 Å². The van der Waals surface area contributed by atoms with Gasteiger partial charge in [0.05, 0.1) is 28.8 Å². The molecule has 0 radical (unpaired) electrons. The number of ketones is 1. The Hall–Kier alpha value is -3.81. The van der Waals surface area contributed by atoms with Crippen LogP contribution in [0.5, 0.6) is 0 Å². The fourth-order valence-electron chi connectivity index (χ4n) is 3.56. The third kappa shape index (κ3) is 4.41. The Morgan fingerprint density at radius 2 is 1.88 bits per heavy atom. The number of hydrogen-bond donors (Lipinski definition) is 1. The Labute approximate surface area is 198 Å². The number of carbonyl (C=O) groups is 2. The molecule has 1 amide bonds. The topological polar surface area (TPSA) is 76.4 Å². The molecule has 8 heteroatoms. The van der Waals surface area contributed by atoms with Crippen LogP contribution in [0.25, 0.3) is 16.9 Å². The van der Waals surface area contributed by atoms with Crippen molar-refractivity contribution in [3.05, 3.63) is 106 Å².